The van der Waals surface area contributed by atoms with Crippen LogP contribution >= 0.6 is 0 Å². The number of tetrazole rings is 1. The molecule has 1 saturated carbocycles. The van der Waals surface area contributed by atoms with E-state index in [1.54, 1.807) is 23.3 Å². The minimum Gasteiger partial charge on any atom is -0.461 e. The van der Waals surface area contributed by atoms with E-state index in [1.807, 2.05) is 25.2 Å². The van der Waals surface area contributed by atoms with Gasteiger partial charge in [-0.1, -0.05) is 0 Å². The Bertz CT molecular complexity index is 1620. The molecule has 16 heteroatoms. The first-order valence-electron chi connectivity index (χ1n) is 14.1. The molecule has 1 atom stereocenters. The van der Waals surface area contributed by atoms with E-state index in [-0.39, 0.29) is 41.0 Å². The second kappa shape index (κ2) is 12.1. The van der Waals surface area contributed by atoms with Crippen molar-refractivity contribution in [3.8, 4) is 22.8 Å². The van der Waals surface area contributed by atoms with Crippen molar-refractivity contribution < 1.29 is 27.4 Å². The van der Waals surface area contributed by atoms with Crippen molar-refractivity contribution in [2.45, 2.75) is 57.8 Å². The number of halogens is 3. The molecule has 3 aromatic rings. The maximum atomic E-state index is 13.7. The number of ether oxygens (including phenoxy) is 2. The molecular formula is C28H31F3N10O3. The van der Waals surface area contributed by atoms with E-state index < -0.39 is 18.9 Å². The highest BCUT2D eigenvalue weighted by Crippen LogP contribution is 2.39. The number of amides is 1. The van der Waals surface area contributed by atoms with Gasteiger partial charge < -0.3 is 24.6 Å². The molecule has 44 heavy (non-hydrogen) atoms. The van der Waals surface area contributed by atoms with Gasteiger partial charge in [0.15, 0.2) is 5.82 Å². The predicted molar refractivity (Wildman–Crippen MR) is 153 cm³/mol. The summed E-state index contributed by atoms with van der Waals surface area (Å²) in [5.41, 5.74) is 0.806. The van der Waals surface area contributed by atoms with Gasteiger partial charge in [-0.25, -0.2) is 9.38 Å². The molecule has 1 aromatic carbocycles. The number of hydrogen-bond acceptors (Lipinski definition) is 10. The molecular weight excluding hydrogens is 581 g/mol. The van der Waals surface area contributed by atoms with Gasteiger partial charge in [-0.3, -0.25) is 9.48 Å². The van der Waals surface area contributed by atoms with Crippen molar-refractivity contribution in [2.24, 2.45) is 4.99 Å². The summed E-state index contributed by atoms with van der Waals surface area (Å²) in [6.45, 7) is -1.29. The fourth-order valence-corrected chi connectivity index (χ4v) is 5.32. The maximum Gasteiger partial charge on any atom is 0.387 e. The number of nitrogens with zero attached hydrogens (tertiary/aromatic N) is 9. The second-order valence-electron chi connectivity index (χ2n) is 10.9. The third-order valence-corrected chi connectivity index (χ3v) is 7.62. The van der Waals surface area contributed by atoms with Gasteiger partial charge in [0.05, 0.1) is 22.9 Å². The molecule has 1 aliphatic carbocycles. The number of aromatic nitrogens is 6. The summed E-state index contributed by atoms with van der Waals surface area (Å²) in [7, 11) is 4.06. The number of anilines is 1. The Labute approximate surface area is 250 Å². The van der Waals surface area contributed by atoms with Crippen LogP contribution in [0.3, 0.4) is 0 Å². The summed E-state index contributed by atoms with van der Waals surface area (Å²) in [6.07, 6.45) is 7.35. The van der Waals surface area contributed by atoms with Crippen LogP contribution in [-0.4, -0.2) is 91.6 Å². The fourth-order valence-electron chi connectivity index (χ4n) is 5.32. The minimum atomic E-state index is -3.15. The lowest BCUT2D eigenvalue weighted by Gasteiger charge is -2.38. The Balaban J connectivity index is 1.33. The van der Waals surface area contributed by atoms with Gasteiger partial charge in [-0.15, -0.1) is 10.2 Å². The predicted octanol–water partition coefficient (Wildman–Crippen LogP) is 3.60. The minimum absolute atomic E-state index is 0.0580. The van der Waals surface area contributed by atoms with E-state index in [9.17, 15) is 18.0 Å². The summed E-state index contributed by atoms with van der Waals surface area (Å²) < 4.78 is 51.9. The maximum absolute atomic E-state index is 13.7. The number of benzene rings is 1. The molecule has 0 radical (unpaired) electrons. The largest absolute Gasteiger partial charge is 0.461 e. The summed E-state index contributed by atoms with van der Waals surface area (Å²) in [5.74, 6) is 0.296. The van der Waals surface area contributed by atoms with Crippen molar-refractivity contribution in [2.75, 3.05) is 26.0 Å². The van der Waals surface area contributed by atoms with Crippen molar-refractivity contribution in [3.05, 3.63) is 53.9 Å². The zero-order valence-electron chi connectivity index (χ0n) is 24.3. The van der Waals surface area contributed by atoms with Gasteiger partial charge in [0.25, 0.3) is 5.91 Å². The highest BCUT2D eigenvalue weighted by atomic mass is 19.3. The normalized spacial score (nSPS) is 19.9. The average molecular weight is 613 g/mol. The Morgan fingerprint density at radius 2 is 2.00 bits per heavy atom. The van der Waals surface area contributed by atoms with Gasteiger partial charge in [-0.05, 0) is 62.8 Å². The SMILES string of the molecule is CC(F)Oc1ccc(OC(F)F)c(-c2nn(Cc3nnn(C4CC(N(C)C)C4)n3)cc2NC(=O)C2=C3N=CC=CN3CC2)c1. The fraction of sp³-hybridized carbons (Fsp3) is 0.429. The molecule has 1 fully saturated rings. The van der Waals surface area contributed by atoms with Crippen molar-refractivity contribution in [1.29, 1.82) is 0 Å². The molecule has 1 amide bonds. The van der Waals surface area contributed by atoms with E-state index in [0.717, 1.165) is 12.8 Å². The zero-order chi connectivity index (χ0) is 31.0. The van der Waals surface area contributed by atoms with Crippen LogP contribution in [0.25, 0.3) is 11.3 Å². The van der Waals surface area contributed by atoms with Crippen molar-refractivity contribution in [1.82, 2.24) is 39.8 Å². The quantitative estimate of drug-likeness (QED) is 0.346. The smallest absolute Gasteiger partial charge is 0.387 e. The number of rotatable bonds is 11. The zero-order valence-corrected chi connectivity index (χ0v) is 24.3. The van der Waals surface area contributed by atoms with Gasteiger partial charge in [0.2, 0.25) is 6.36 Å². The van der Waals surface area contributed by atoms with Crippen LogP contribution in [0, 0.1) is 0 Å². The monoisotopic (exact) mass is 612 g/mol. The molecule has 0 saturated heterocycles. The van der Waals surface area contributed by atoms with Gasteiger partial charge in [0, 0.05) is 38.1 Å². The number of hydrogen-bond donors (Lipinski definition) is 1. The number of fused-ring (bicyclic) bond motifs is 1. The third kappa shape index (κ3) is 6.15. The van der Waals surface area contributed by atoms with Gasteiger partial charge in [0.1, 0.15) is 29.6 Å². The van der Waals surface area contributed by atoms with Crippen LogP contribution in [-0.2, 0) is 11.3 Å². The molecule has 1 N–H and O–H groups in total. The number of nitrogens with one attached hydrogen (secondary N) is 1. The third-order valence-electron chi connectivity index (χ3n) is 7.62. The van der Waals surface area contributed by atoms with Crippen LogP contribution in [0.4, 0.5) is 18.9 Å². The van der Waals surface area contributed by atoms with Crippen LogP contribution in [0.2, 0.25) is 0 Å². The van der Waals surface area contributed by atoms with E-state index in [2.05, 4.69) is 35.7 Å². The van der Waals surface area contributed by atoms with Crippen molar-refractivity contribution >= 4 is 17.8 Å². The highest BCUT2D eigenvalue weighted by molar-refractivity contribution is 6.06. The number of carbonyl (C=O) groups is 1. The Morgan fingerprint density at radius 3 is 2.75 bits per heavy atom. The summed E-state index contributed by atoms with van der Waals surface area (Å²) in [6, 6.07) is 4.47. The van der Waals surface area contributed by atoms with Gasteiger partial charge in [-0.2, -0.15) is 18.7 Å². The Morgan fingerprint density at radius 1 is 1.18 bits per heavy atom. The summed E-state index contributed by atoms with van der Waals surface area (Å²) in [4.78, 5) is 23.4. The lowest BCUT2D eigenvalue weighted by atomic mass is 9.86. The first-order valence-corrected chi connectivity index (χ1v) is 14.1. The van der Waals surface area contributed by atoms with Crippen molar-refractivity contribution in [3.63, 3.8) is 0 Å². The topological polar surface area (TPSA) is 128 Å². The van der Waals surface area contributed by atoms with Crippen LogP contribution in [0.1, 0.15) is 38.1 Å². The Kier molecular flexibility index (Phi) is 8.07. The molecule has 4 heterocycles. The van der Waals surface area contributed by atoms with E-state index >= 15 is 0 Å². The summed E-state index contributed by atoms with van der Waals surface area (Å²) in [5, 5.41) is 20.3. The Hall–Kier alpha value is -4.73. The lowest BCUT2D eigenvalue weighted by Crippen LogP contribution is -2.42. The summed E-state index contributed by atoms with van der Waals surface area (Å²) >= 11 is 0. The van der Waals surface area contributed by atoms with E-state index in [1.165, 1.54) is 29.8 Å². The molecule has 2 aromatic heterocycles. The molecule has 13 nitrogen and oxygen atoms in total. The van der Waals surface area contributed by atoms with E-state index in [0.29, 0.717) is 36.2 Å². The van der Waals surface area contributed by atoms with Crippen LogP contribution in [0.5, 0.6) is 11.5 Å². The highest BCUT2D eigenvalue weighted by Gasteiger charge is 2.34. The second-order valence-corrected chi connectivity index (χ2v) is 10.9. The molecule has 232 valence electrons. The van der Waals surface area contributed by atoms with Crippen LogP contribution in [0.15, 0.2) is 53.1 Å². The number of alkyl halides is 3. The molecule has 3 aliphatic rings. The molecule has 6 rings (SSSR count). The number of allylic oxidation sites excluding steroid dienone is 1. The standard InChI is InChI=1S/C28H31F3N10O3/c1-16(29)43-19-5-6-23(44-28(30)31)21(13-19)25-22(33-27(42)20-7-10-39-9-4-8-32-26(20)39)14-40(36-25)15-24-34-37-41(35-24)18-11-17(12-18)38(2)3/h4-6,8-9,13-14,16-18,28H,7,10-12,15H2,1-3H3,(H,33,42). The molecule has 0 bridgehead atoms. The lowest BCUT2D eigenvalue weighted by molar-refractivity contribution is -0.113. The first kappa shape index (κ1) is 29.3. The number of carbonyl (C=O) groups excluding carboxylic acids is 1. The van der Waals surface area contributed by atoms with Gasteiger partial charge >= 0.3 is 6.61 Å². The van der Waals surface area contributed by atoms with E-state index in [4.69, 9.17) is 9.47 Å². The molecule has 1 unspecified atom stereocenters. The number of aliphatic imine (C=N–C) groups is 1. The first-order chi connectivity index (χ1) is 21.1. The molecule has 2 aliphatic heterocycles. The molecule has 0 spiro atoms. The average Bonchev–Trinajstić information content (AvgIpc) is 3.67. The van der Waals surface area contributed by atoms with Crippen LogP contribution < -0.4 is 14.8 Å².